The molecule has 88 valence electrons. The molecule has 0 spiro atoms. The molecule has 1 atom stereocenters. The number of carboxylic acid groups (broad SMARTS) is 1. The van der Waals surface area contributed by atoms with E-state index in [1.807, 2.05) is 31.2 Å². The summed E-state index contributed by atoms with van der Waals surface area (Å²) in [5.74, 6) is -0.185. The third kappa shape index (κ3) is 2.52. The van der Waals surface area contributed by atoms with Crippen LogP contribution >= 0.6 is 0 Å². The number of nitrogens with two attached hydrogens (primary N) is 1. The van der Waals surface area contributed by atoms with E-state index in [2.05, 4.69) is 0 Å². The Morgan fingerprint density at radius 3 is 2.62 bits per heavy atom. The van der Waals surface area contributed by atoms with Crippen molar-refractivity contribution in [2.24, 2.45) is 5.73 Å². The zero-order valence-corrected chi connectivity index (χ0v) is 9.56. The lowest BCUT2D eigenvalue weighted by Crippen LogP contribution is -2.34. The average Bonchev–Trinajstić information content (AvgIpc) is 2.28. The van der Waals surface area contributed by atoms with E-state index in [1.165, 1.54) is 0 Å². The van der Waals surface area contributed by atoms with Crippen LogP contribution < -0.4 is 10.5 Å². The second kappa shape index (κ2) is 4.99. The molecular weight excluding hydrogens is 206 g/mol. The standard InChI is InChI=1S/C12H17NO3/c1-12(8-13,7-11(14)15)9-5-3-4-6-10(9)16-2/h3-6H,7-8,13H2,1-2H3,(H,14,15). The van der Waals surface area contributed by atoms with E-state index in [9.17, 15) is 4.79 Å². The Morgan fingerprint density at radius 2 is 2.12 bits per heavy atom. The van der Waals surface area contributed by atoms with Crippen LogP contribution in [0.1, 0.15) is 18.9 Å². The highest BCUT2D eigenvalue weighted by Crippen LogP contribution is 2.33. The lowest BCUT2D eigenvalue weighted by atomic mass is 9.79. The number of hydrogen-bond donors (Lipinski definition) is 2. The first-order chi connectivity index (χ1) is 7.53. The van der Waals surface area contributed by atoms with Gasteiger partial charge in [-0.15, -0.1) is 0 Å². The summed E-state index contributed by atoms with van der Waals surface area (Å²) >= 11 is 0. The molecule has 0 aliphatic rings. The van der Waals surface area contributed by atoms with Gasteiger partial charge in [-0.25, -0.2) is 0 Å². The molecule has 0 amide bonds. The zero-order valence-electron chi connectivity index (χ0n) is 9.56. The third-order valence-electron chi connectivity index (χ3n) is 2.75. The van der Waals surface area contributed by atoms with E-state index >= 15 is 0 Å². The molecule has 1 aromatic rings. The molecule has 1 unspecified atom stereocenters. The van der Waals surface area contributed by atoms with Crippen molar-refractivity contribution in [3.63, 3.8) is 0 Å². The van der Waals surface area contributed by atoms with E-state index in [0.29, 0.717) is 5.75 Å². The molecule has 0 aromatic heterocycles. The minimum absolute atomic E-state index is 0.0100. The Bertz CT molecular complexity index is 378. The highest BCUT2D eigenvalue weighted by molar-refractivity contribution is 5.69. The fourth-order valence-corrected chi connectivity index (χ4v) is 1.75. The summed E-state index contributed by atoms with van der Waals surface area (Å²) in [5, 5.41) is 8.91. The highest BCUT2D eigenvalue weighted by atomic mass is 16.5. The number of rotatable bonds is 5. The van der Waals surface area contributed by atoms with Crippen molar-refractivity contribution in [2.45, 2.75) is 18.8 Å². The van der Waals surface area contributed by atoms with Crippen molar-refractivity contribution in [1.82, 2.24) is 0 Å². The predicted molar refractivity (Wildman–Crippen MR) is 61.7 cm³/mol. The number of ether oxygens (including phenoxy) is 1. The van der Waals surface area contributed by atoms with Crippen LogP contribution in [0.25, 0.3) is 0 Å². The predicted octanol–water partition coefficient (Wildman–Crippen LogP) is 1.39. The monoisotopic (exact) mass is 223 g/mol. The Hall–Kier alpha value is -1.55. The van der Waals surface area contributed by atoms with Gasteiger partial charge in [0.25, 0.3) is 0 Å². The highest BCUT2D eigenvalue weighted by Gasteiger charge is 2.30. The van der Waals surface area contributed by atoms with Crippen LogP contribution in [-0.2, 0) is 10.2 Å². The van der Waals surface area contributed by atoms with Gasteiger partial charge in [0, 0.05) is 17.5 Å². The summed E-state index contributed by atoms with van der Waals surface area (Å²) in [6, 6.07) is 7.37. The molecule has 0 aliphatic carbocycles. The fourth-order valence-electron chi connectivity index (χ4n) is 1.75. The van der Waals surface area contributed by atoms with E-state index < -0.39 is 11.4 Å². The van der Waals surface area contributed by atoms with Crippen molar-refractivity contribution in [3.05, 3.63) is 29.8 Å². The number of aliphatic carboxylic acids is 1. The molecule has 0 heterocycles. The molecule has 0 bridgehead atoms. The molecule has 0 aliphatic heterocycles. The van der Waals surface area contributed by atoms with Gasteiger partial charge in [0.05, 0.1) is 13.5 Å². The van der Waals surface area contributed by atoms with Crippen LogP contribution in [0.3, 0.4) is 0 Å². The lowest BCUT2D eigenvalue weighted by molar-refractivity contribution is -0.138. The maximum absolute atomic E-state index is 10.9. The molecule has 0 saturated carbocycles. The van der Waals surface area contributed by atoms with E-state index in [1.54, 1.807) is 7.11 Å². The Balaban J connectivity index is 3.16. The lowest BCUT2D eigenvalue weighted by Gasteiger charge is -2.28. The van der Waals surface area contributed by atoms with Crippen LogP contribution in [0.4, 0.5) is 0 Å². The second-order valence-electron chi connectivity index (χ2n) is 4.04. The minimum Gasteiger partial charge on any atom is -0.496 e. The first-order valence-electron chi connectivity index (χ1n) is 5.09. The molecule has 0 saturated heterocycles. The van der Waals surface area contributed by atoms with Gasteiger partial charge in [-0.3, -0.25) is 4.79 Å². The zero-order chi connectivity index (χ0) is 12.2. The number of hydrogen-bond acceptors (Lipinski definition) is 3. The van der Waals surface area contributed by atoms with Crippen LogP contribution in [0.2, 0.25) is 0 Å². The quantitative estimate of drug-likeness (QED) is 0.791. The van der Waals surface area contributed by atoms with E-state index in [0.717, 1.165) is 5.56 Å². The molecular formula is C12H17NO3. The number of carboxylic acids is 1. The largest absolute Gasteiger partial charge is 0.496 e. The molecule has 1 rings (SSSR count). The van der Waals surface area contributed by atoms with Gasteiger partial charge in [0.15, 0.2) is 0 Å². The summed E-state index contributed by atoms with van der Waals surface area (Å²) in [5.41, 5.74) is 5.93. The average molecular weight is 223 g/mol. The van der Waals surface area contributed by atoms with Gasteiger partial charge in [0.1, 0.15) is 5.75 Å². The molecule has 4 nitrogen and oxygen atoms in total. The Labute approximate surface area is 95.0 Å². The second-order valence-corrected chi connectivity index (χ2v) is 4.04. The minimum atomic E-state index is -0.862. The first kappa shape index (κ1) is 12.5. The molecule has 16 heavy (non-hydrogen) atoms. The number of para-hydroxylation sites is 1. The van der Waals surface area contributed by atoms with Crippen molar-refractivity contribution in [2.75, 3.05) is 13.7 Å². The Kier molecular flexibility index (Phi) is 3.90. The molecule has 0 radical (unpaired) electrons. The fraction of sp³-hybridized carbons (Fsp3) is 0.417. The van der Waals surface area contributed by atoms with Gasteiger partial charge >= 0.3 is 5.97 Å². The number of methoxy groups -OCH3 is 1. The van der Waals surface area contributed by atoms with Crippen molar-refractivity contribution < 1.29 is 14.6 Å². The van der Waals surface area contributed by atoms with Crippen molar-refractivity contribution >= 4 is 5.97 Å². The van der Waals surface area contributed by atoms with Gasteiger partial charge in [-0.05, 0) is 6.07 Å². The van der Waals surface area contributed by atoms with Gasteiger partial charge < -0.3 is 15.6 Å². The topological polar surface area (TPSA) is 72.5 Å². The summed E-state index contributed by atoms with van der Waals surface area (Å²) in [4.78, 5) is 10.9. The first-order valence-corrected chi connectivity index (χ1v) is 5.09. The SMILES string of the molecule is COc1ccccc1C(C)(CN)CC(=O)O. The number of benzene rings is 1. The summed E-state index contributed by atoms with van der Waals surface area (Å²) in [6.45, 7) is 2.10. The van der Waals surface area contributed by atoms with E-state index in [4.69, 9.17) is 15.6 Å². The van der Waals surface area contributed by atoms with Gasteiger partial charge in [-0.2, -0.15) is 0 Å². The molecule has 3 N–H and O–H groups in total. The van der Waals surface area contributed by atoms with Crippen molar-refractivity contribution in [3.8, 4) is 5.75 Å². The Morgan fingerprint density at radius 1 is 1.50 bits per heavy atom. The molecule has 1 aromatic carbocycles. The maximum Gasteiger partial charge on any atom is 0.304 e. The summed E-state index contributed by atoms with van der Waals surface area (Å²) in [7, 11) is 1.57. The van der Waals surface area contributed by atoms with E-state index in [-0.39, 0.29) is 13.0 Å². The molecule has 4 heteroatoms. The number of carbonyl (C=O) groups is 1. The maximum atomic E-state index is 10.9. The third-order valence-corrected chi connectivity index (χ3v) is 2.75. The van der Waals surface area contributed by atoms with Crippen molar-refractivity contribution in [1.29, 1.82) is 0 Å². The van der Waals surface area contributed by atoms with Crippen LogP contribution in [-0.4, -0.2) is 24.7 Å². The van der Waals surface area contributed by atoms with Gasteiger partial charge in [0.2, 0.25) is 0 Å². The smallest absolute Gasteiger partial charge is 0.304 e. The normalized spacial score (nSPS) is 14.2. The van der Waals surface area contributed by atoms with Crippen LogP contribution in [0, 0.1) is 0 Å². The van der Waals surface area contributed by atoms with Gasteiger partial charge in [-0.1, -0.05) is 25.1 Å². The summed E-state index contributed by atoms with van der Waals surface area (Å²) in [6.07, 6.45) is -0.0100. The molecule has 0 fully saturated rings. The van der Waals surface area contributed by atoms with Crippen LogP contribution in [0.5, 0.6) is 5.75 Å². The van der Waals surface area contributed by atoms with Crippen LogP contribution in [0.15, 0.2) is 24.3 Å². The summed E-state index contributed by atoms with van der Waals surface area (Å²) < 4.78 is 5.23.